The minimum Gasteiger partial charge on any atom is -0.490 e. The molecule has 2 N–H and O–H groups in total. The van der Waals surface area contributed by atoms with Crippen LogP contribution in [-0.4, -0.2) is 92.1 Å². The van der Waals surface area contributed by atoms with Crippen LogP contribution in [0.3, 0.4) is 0 Å². The minimum atomic E-state index is -3.55. The number of likely N-dealkylation sites (N-methyl/N-ethyl adjacent to an activating group) is 1. The van der Waals surface area contributed by atoms with Crippen LogP contribution in [0.4, 0.5) is 5.69 Å². The Hall–Kier alpha value is -2.73. The van der Waals surface area contributed by atoms with Crippen molar-refractivity contribution in [2.24, 2.45) is 5.92 Å². The molecule has 1 amide bonds. The fraction of sp³-hybridized carbons (Fsp3) is 0.586. The third-order valence-electron chi connectivity index (χ3n) is 7.05. The number of rotatable bonds is 8. The molecule has 1 aliphatic rings. The maximum absolute atomic E-state index is 14.0. The number of sulfonamides is 1. The maximum Gasteiger partial charge on any atom is 0.258 e. The summed E-state index contributed by atoms with van der Waals surface area (Å²) in [4.78, 5) is 22.0. The first-order valence-electron chi connectivity index (χ1n) is 13.9. The molecule has 222 valence electrons. The van der Waals surface area contributed by atoms with Crippen molar-refractivity contribution in [3.05, 3.63) is 53.9 Å². The fourth-order valence-electron chi connectivity index (χ4n) is 4.83. The summed E-state index contributed by atoms with van der Waals surface area (Å²) >= 11 is 0. The summed E-state index contributed by atoms with van der Waals surface area (Å²) in [6.07, 6.45) is 6.87. The molecule has 0 aliphatic carbocycles. The first-order valence-corrected chi connectivity index (χ1v) is 15.7. The van der Waals surface area contributed by atoms with Crippen LogP contribution in [-0.2, 0) is 21.3 Å². The van der Waals surface area contributed by atoms with Gasteiger partial charge in [-0.3, -0.25) is 19.4 Å². The number of nitrogens with one attached hydrogen (secondary N) is 1. The molecule has 1 aromatic heterocycles. The van der Waals surface area contributed by atoms with Crippen LogP contribution in [0.15, 0.2) is 42.7 Å². The molecular formula is C29H44N4O6S. The van der Waals surface area contributed by atoms with Gasteiger partial charge in [-0.15, -0.1) is 0 Å². The summed E-state index contributed by atoms with van der Waals surface area (Å²) in [5.41, 5.74) is 1.67. The highest BCUT2D eigenvalue weighted by molar-refractivity contribution is 7.92. The zero-order chi connectivity index (χ0) is 29.3. The number of carbonyl (C=O) groups is 1. The zero-order valence-corrected chi connectivity index (χ0v) is 25.1. The van der Waals surface area contributed by atoms with E-state index in [1.807, 2.05) is 26.1 Å². The molecule has 2 heterocycles. The number of carbonyl (C=O) groups excluding carboxylic acids is 1. The molecule has 1 aromatic carbocycles. The van der Waals surface area contributed by atoms with Gasteiger partial charge in [-0.1, -0.05) is 6.92 Å². The number of amides is 1. The Kier molecular flexibility index (Phi) is 11.7. The number of hydrogen-bond donors (Lipinski definition) is 2. The molecule has 11 heteroatoms. The van der Waals surface area contributed by atoms with E-state index in [0.717, 1.165) is 37.6 Å². The molecule has 0 spiro atoms. The van der Waals surface area contributed by atoms with Crippen molar-refractivity contribution in [2.45, 2.75) is 64.8 Å². The number of pyridine rings is 1. The highest BCUT2D eigenvalue weighted by atomic mass is 32.2. The Morgan fingerprint density at radius 1 is 1.20 bits per heavy atom. The summed E-state index contributed by atoms with van der Waals surface area (Å²) in [5, 5.41) is 10.1. The molecular weight excluding hydrogens is 532 g/mol. The summed E-state index contributed by atoms with van der Waals surface area (Å²) in [6.45, 7) is 7.93. The third-order valence-corrected chi connectivity index (χ3v) is 7.65. The number of anilines is 1. The summed E-state index contributed by atoms with van der Waals surface area (Å²) < 4.78 is 38.8. The van der Waals surface area contributed by atoms with E-state index in [1.54, 1.807) is 36.4 Å². The van der Waals surface area contributed by atoms with Crippen LogP contribution in [0.2, 0.25) is 0 Å². The largest absolute Gasteiger partial charge is 0.490 e. The van der Waals surface area contributed by atoms with Gasteiger partial charge in [0.15, 0.2) is 0 Å². The van der Waals surface area contributed by atoms with Crippen LogP contribution in [0, 0.1) is 5.92 Å². The Morgan fingerprint density at radius 3 is 2.60 bits per heavy atom. The van der Waals surface area contributed by atoms with E-state index in [2.05, 4.69) is 21.5 Å². The van der Waals surface area contributed by atoms with E-state index in [9.17, 15) is 18.3 Å². The number of aromatic nitrogens is 1. The van der Waals surface area contributed by atoms with Crippen LogP contribution >= 0.6 is 0 Å². The van der Waals surface area contributed by atoms with Gasteiger partial charge in [-0.25, -0.2) is 8.42 Å². The highest BCUT2D eigenvalue weighted by Gasteiger charge is 2.30. The van der Waals surface area contributed by atoms with Gasteiger partial charge >= 0.3 is 0 Å². The Labute approximate surface area is 238 Å². The quantitative estimate of drug-likeness (QED) is 0.491. The lowest BCUT2D eigenvalue weighted by atomic mass is 10.0. The highest BCUT2D eigenvalue weighted by Crippen LogP contribution is 2.29. The van der Waals surface area contributed by atoms with Crippen LogP contribution in [0.5, 0.6) is 5.75 Å². The molecule has 40 heavy (non-hydrogen) atoms. The standard InChI is InChI=1S/C29H44N4O6S/c1-21-17-33(22(2)20-34)29(35)26-16-25(31-40(5,36)37)9-10-27(26)39-23(3)8-6-7-15-38-28(21)19-32(4)18-24-11-13-30-14-12-24/h9-14,16,21-23,28,31,34H,6-8,15,17-20H2,1-5H3/t21-,22+,23+,28-/m1/s1. The SMILES string of the molecule is C[C@@H]1CN([C@@H](C)CO)C(=O)c2cc(NS(C)(=O)=O)ccc2O[C@@H](C)CCCCO[C@@H]1CN(C)Cc1ccncc1. The topological polar surface area (TPSA) is 121 Å². The van der Waals surface area contributed by atoms with Crippen LogP contribution < -0.4 is 9.46 Å². The first kappa shape index (κ1) is 31.8. The van der Waals surface area contributed by atoms with Gasteiger partial charge in [-0.2, -0.15) is 0 Å². The van der Waals surface area contributed by atoms with E-state index in [0.29, 0.717) is 25.4 Å². The lowest BCUT2D eigenvalue weighted by molar-refractivity contribution is -0.0177. The van der Waals surface area contributed by atoms with Gasteiger partial charge in [0, 0.05) is 50.2 Å². The Bertz CT molecular complexity index is 1200. The number of aliphatic hydroxyl groups is 1. The number of benzene rings is 1. The molecule has 1 aliphatic heterocycles. The van der Waals surface area contributed by atoms with Crippen molar-refractivity contribution >= 4 is 21.6 Å². The van der Waals surface area contributed by atoms with Crippen molar-refractivity contribution in [1.29, 1.82) is 0 Å². The second kappa shape index (κ2) is 14.8. The summed E-state index contributed by atoms with van der Waals surface area (Å²) in [6, 6.07) is 8.24. The molecule has 0 radical (unpaired) electrons. The molecule has 3 rings (SSSR count). The van der Waals surface area contributed by atoms with Gasteiger partial charge in [0.1, 0.15) is 5.75 Å². The molecule has 0 unspecified atom stereocenters. The zero-order valence-electron chi connectivity index (χ0n) is 24.2. The average Bonchev–Trinajstić information content (AvgIpc) is 2.90. The second-order valence-corrected chi connectivity index (χ2v) is 12.7. The maximum atomic E-state index is 14.0. The average molecular weight is 577 g/mol. The Balaban J connectivity index is 1.92. The monoisotopic (exact) mass is 576 g/mol. The molecule has 10 nitrogen and oxygen atoms in total. The van der Waals surface area contributed by atoms with E-state index in [1.165, 1.54) is 6.07 Å². The van der Waals surface area contributed by atoms with Crippen molar-refractivity contribution in [1.82, 2.24) is 14.8 Å². The minimum absolute atomic E-state index is 0.0543. The smallest absolute Gasteiger partial charge is 0.258 e. The van der Waals surface area contributed by atoms with Crippen LogP contribution in [0.1, 0.15) is 56.0 Å². The number of nitrogens with zero attached hydrogens (tertiary/aromatic N) is 3. The van der Waals surface area contributed by atoms with E-state index >= 15 is 0 Å². The van der Waals surface area contributed by atoms with Crippen molar-refractivity contribution < 1.29 is 27.8 Å². The molecule has 4 atom stereocenters. The van der Waals surface area contributed by atoms with Gasteiger partial charge in [0.25, 0.3) is 5.91 Å². The van der Waals surface area contributed by atoms with Gasteiger partial charge in [0.05, 0.1) is 36.7 Å². The molecule has 2 aromatic rings. The van der Waals surface area contributed by atoms with E-state index in [4.69, 9.17) is 9.47 Å². The number of fused-ring (bicyclic) bond motifs is 1. The number of hydrogen-bond acceptors (Lipinski definition) is 8. The first-order chi connectivity index (χ1) is 19.0. The van der Waals surface area contributed by atoms with Gasteiger partial charge in [0.2, 0.25) is 10.0 Å². The second-order valence-electron chi connectivity index (χ2n) is 10.9. The summed E-state index contributed by atoms with van der Waals surface area (Å²) in [5.74, 6) is -0.00334. The predicted molar refractivity (Wildman–Crippen MR) is 156 cm³/mol. The molecule has 0 bridgehead atoms. The normalized spacial score (nSPS) is 22.2. The van der Waals surface area contributed by atoms with Crippen molar-refractivity contribution in [3.8, 4) is 5.75 Å². The summed E-state index contributed by atoms with van der Waals surface area (Å²) in [7, 11) is -1.50. The molecule has 0 saturated carbocycles. The van der Waals surface area contributed by atoms with Gasteiger partial charge in [-0.05, 0) is 76.1 Å². The van der Waals surface area contributed by atoms with E-state index in [-0.39, 0.29) is 41.9 Å². The lowest BCUT2D eigenvalue weighted by Gasteiger charge is -2.36. The third kappa shape index (κ3) is 9.72. The fourth-order valence-corrected chi connectivity index (χ4v) is 5.39. The van der Waals surface area contributed by atoms with Crippen molar-refractivity contribution in [3.63, 3.8) is 0 Å². The molecule has 0 fully saturated rings. The van der Waals surface area contributed by atoms with E-state index < -0.39 is 16.1 Å². The number of ether oxygens (including phenoxy) is 2. The van der Waals surface area contributed by atoms with Gasteiger partial charge < -0.3 is 19.5 Å². The molecule has 0 saturated heterocycles. The lowest BCUT2D eigenvalue weighted by Crippen LogP contribution is -2.47. The Morgan fingerprint density at radius 2 is 1.93 bits per heavy atom. The van der Waals surface area contributed by atoms with Crippen molar-refractivity contribution in [2.75, 3.05) is 44.3 Å². The van der Waals surface area contributed by atoms with Crippen LogP contribution in [0.25, 0.3) is 0 Å². The predicted octanol–water partition coefficient (Wildman–Crippen LogP) is 3.38. The number of aliphatic hydroxyl groups excluding tert-OH is 1.